The monoisotopic (exact) mass is 420 g/mol. The van der Waals surface area contributed by atoms with Crippen molar-refractivity contribution in [2.45, 2.75) is 19.6 Å². The van der Waals surface area contributed by atoms with Crippen molar-refractivity contribution in [3.05, 3.63) is 91.1 Å². The van der Waals surface area contributed by atoms with Crippen LogP contribution in [0.15, 0.2) is 95.5 Å². The van der Waals surface area contributed by atoms with Gasteiger partial charge in [0.1, 0.15) is 5.52 Å². The molecular weight excluding hydrogens is 396 g/mol. The molecule has 5 rings (SSSR count). The van der Waals surface area contributed by atoms with Gasteiger partial charge in [-0.3, -0.25) is 4.98 Å². The zero-order valence-corrected chi connectivity index (χ0v) is 19.0. The Morgan fingerprint density at radius 1 is 0.710 bits per heavy atom. The Labute approximate surface area is 183 Å². The predicted octanol–water partition coefficient (Wildman–Crippen LogP) is 6.77. The molecule has 0 N–H and O–H groups in total. The number of fused-ring (bicyclic) bond motifs is 1. The minimum atomic E-state index is -1.39. The minimum Gasteiger partial charge on any atom is -0.436 e. The molecule has 0 saturated heterocycles. The number of pyridine rings is 1. The van der Waals surface area contributed by atoms with Crippen molar-refractivity contribution in [3.8, 4) is 33.8 Å². The SMILES string of the molecule is C[Si](C)(C)c1ccc(-c2cc(-c3ccccc3)c3nc(-c4ccccc4)oc3c2)nc1. The molecule has 2 aromatic heterocycles. The maximum absolute atomic E-state index is 6.22. The van der Waals surface area contributed by atoms with Crippen molar-refractivity contribution in [1.82, 2.24) is 9.97 Å². The van der Waals surface area contributed by atoms with E-state index in [2.05, 4.69) is 56.0 Å². The third-order valence-corrected chi connectivity index (χ3v) is 7.55. The molecular formula is C27H24N2OSi. The van der Waals surface area contributed by atoms with E-state index >= 15 is 0 Å². The van der Waals surface area contributed by atoms with E-state index in [1.807, 2.05) is 54.7 Å². The third kappa shape index (κ3) is 3.82. The van der Waals surface area contributed by atoms with Gasteiger partial charge < -0.3 is 4.42 Å². The first-order chi connectivity index (χ1) is 15.0. The summed E-state index contributed by atoms with van der Waals surface area (Å²) in [5, 5.41) is 1.35. The van der Waals surface area contributed by atoms with E-state index in [9.17, 15) is 0 Å². The molecule has 0 aliphatic rings. The molecule has 0 atom stereocenters. The van der Waals surface area contributed by atoms with Gasteiger partial charge in [-0.25, -0.2) is 4.98 Å². The molecule has 0 amide bonds. The second-order valence-electron chi connectivity index (χ2n) is 8.80. The Bertz CT molecular complexity index is 1340. The fourth-order valence-electron chi connectivity index (χ4n) is 3.73. The van der Waals surface area contributed by atoms with Crippen molar-refractivity contribution in [3.63, 3.8) is 0 Å². The highest BCUT2D eigenvalue weighted by atomic mass is 28.3. The van der Waals surface area contributed by atoms with Crippen LogP contribution in [-0.2, 0) is 0 Å². The van der Waals surface area contributed by atoms with Crippen LogP contribution in [0.4, 0.5) is 0 Å². The van der Waals surface area contributed by atoms with Crippen LogP contribution in [0.2, 0.25) is 19.6 Å². The number of hydrogen-bond donors (Lipinski definition) is 0. The number of hydrogen-bond acceptors (Lipinski definition) is 3. The molecule has 3 aromatic carbocycles. The number of aromatic nitrogens is 2. The van der Waals surface area contributed by atoms with Crippen LogP contribution in [0.25, 0.3) is 44.9 Å². The van der Waals surface area contributed by atoms with Crippen molar-refractivity contribution < 1.29 is 4.42 Å². The van der Waals surface area contributed by atoms with E-state index in [0.717, 1.165) is 39.0 Å². The summed E-state index contributed by atoms with van der Waals surface area (Å²) in [5.74, 6) is 0.631. The summed E-state index contributed by atoms with van der Waals surface area (Å²) in [7, 11) is -1.39. The number of oxazole rings is 1. The van der Waals surface area contributed by atoms with Gasteiger partial charge in [0, 0.05) is 22.9 Å². The summed E-state index contributed by atoms with van der Waals surface area (Å²) in [4.78, 5) is 9.65. The van der Waals surface area contributed by atoms with Crippen LogP contribution in [-0.4, -0.2) is 18.0 Å². The second-order valence-corrected chi connectivity index (χ2v) is 13.9. The first-order valence-corrected chi connectivity index (χ1v) is 14.0. The number of nitrogens with zero attached hydrogens (tertiary/aromatic N) is 2. The Morgan fingerprint density at radius 3 is 2.00 bits per heavy atom. The molecule has 152 valence electrons. The molecule has 0 radical (unpaired) electrons. The summed E-state index contributed by atoms with van der Waals surface area (Å²) in [5.41, 5.74) is 6.75. The summed E-state index contributed by atoms with van der Waals surface area (Å²) >= 11 is 0. The van der Waals surface area contributed by atoms with Crippen LogP contribution in [0, 0.1) is 0 Å². The lowest BCUT2D eigenvalue weighted by molar-refractivity contribution is 0.620. The Hall–Kier alpha value is -3.50. The lowest BCUT2D eigenvalue weighted by atomic mass is 10.00. The number of benzene rings is 3. The number of rotatable bonds is 4. The van der Waals surface area contributed by atoms with Gasteiger partial charge in [-0.1, -0.05) is 74.2 Å². The van der Waals surface area contributed by atoms with Crippen LogP contribution in [0.3, 0.4) is 0 Å². The van der Waals surface area contributed by atoms with Crippen molar-refractivity contribution in [1.29, 1.82) is 0 Å². The molecule has 0 aliphatic heterocycles. The van der Waals surface area contributed by atoms with Gasteiger partial charge in [-0.15, -0.1) is 0 Å². The van der Waals surface area contributed by atoms with Gasteiger partial charge in [-0.05, 0) is 41.1 Å². The highest BCUT2D eigenvalue weighted by Crippen LogP contribution is 2.35. The van der Waals surface area contributed by atoms with Crippen molar-refractivity contribution in [2.75, 3.05) is 0 Å². The van der Waals surface area contributed by atoms with Crippen LogP contribution in [0.5, 0.6) is 0 Å². The molecule has 0 aliphatic carbocycles. The normalized spacial score (nSPS) is 11.7. The molecule has 2 heterocycles. The van der Waals surface area contributed by atoms with Gasteiger partial charge in [0.25, 0.3) is 0 Å². The van der Waals surface area contributed by atoms with E-state index in [0.29, 0.717) is 5.89 Å². The molecule has 0 fully saturated rings. The van der Waals surface area contributed by atoms with Gasteiger partial charge in [0.05, 0.1) is 13.8 Å². The zero-order chi connectivity index (χ0) is 21.4. The predicted molar refractivity (Wildman–Crippen MR) is 131 cm³/mol. The Kier molecular flexibility index (Phi) is 4.79. The maximum Gasteiger partial charge on any atom is 0.227 e. The van der Waals surface area contributed by atoms with E-state index in [1.165, 1.54) is 5.19 Å². The van der Waals surface area contributed by atoms with Crippen LogP contribution >= 0.6 is 0 Å². The third-order valence-electron chi connectivity index (χ3n) is 5.53. The van der Waals surface area contributed by atoms with Gasteiger partial charge in [0.2, 0.25) is 5.89 Å². The fraction of sp³-hybridized carbons (Fsp3) is 0.111. The molecule has 31 heavy (non-hydrogen) atoms. The molecule has 0 saturated carbocycles. The quantitative estimate of drug-likeness (QED) is 0.301. The largest absolute Gasteiger partial charge is 0.436 e. The molecule has 5 aromatic rings. The van der Waals surface area contributed by atoms with E-state index in [4.69, 9.17) is 14.4 Å². The molecule has 3 nitrogen and oxygen atoms in total. The maximum atomic E-state index is 6.22. The molecule has 0 unspecified atom stereocenters. The average Bonchev–Trinajstić information content (AvgIpc) is 3.23. The molecule has 0 spiro atoms. The van der Waals surface area contributed by atoms with E-state index in [-0.39, 0.29) is 0 Å². The van der Waals surface area contributed by atoms with E-state index < -0.39 is 8.07 Å². The standard InChI is InChI=1S/C27H24N2OSi/c1-31(2,3)22-14-15-24(28-18-22)21-16-23(19-10-6-4-7-11-19)26-25(17-21)30-27(29-26)20-12-8-5-9-13-20/h4-18H,1-3H3. The lowest BCUT2D eigenvalue weighted by Gasteiger charge is -2.16. The second kappa shape index (κ2) is 7.64. The zero-order valence-electron chi connectivity index (χ0n) is 18.0. The highest BCUT2D eigenvalue weighted by Gasteiger charge is 2.18. The van der Waals surface area contributed by atoms with Crippen LogP contribution in [0.1, 0.15) is 0 Å². The molecule has 4 heteroatoms. The fourth-order valence-corrected chi connectivity index (χ4v) is 4.76. The average molecular weight is 421 g/mol. The lowest BCUT2D eigenvalue weighted by Crippen LogP contribution is -2.37. The molecule has 0 bridgehead atoms. The topological polar surface area (TPSA) is 38.9 Å². The van der Waals surface area contributed by atoms with Gasteiger partial charge >= 0.3 is 0 Å². The van der Waals surface area contributed by atoms with Gasteiger partial charge in [-0.2, -0.15) is 0 Å². The van der Waals surface area contributed by atoms with Crippen molar-refractivity contribution >= 4 is 24.4 Å². The minimum absolute atomic E-state index is 0.631. The van der Waals surface area contributed by atoms with Crippen LogP contribution < -0.4 is 5.19 Å². The first kappa shape index (κ1) is 19.5. The van der Waals surface area contributed by atoms with E-state index in [1.54, 1.807) is 0 Å². The van der Waals surface area contributed by atoms with Gasteiger partial charge in [0.15, 0.2) is 5.58 Å². The summed E-state index contributed by atoms with van der Waals surface area (Å²) < 4.78 is 6.22. The summed E-state index contributed by atoms with van der Waals surface area (Å²) in [6.07, 6.45) is 2.03. The van der Waals surface area contributed by atoms with Crippen molar-refractivity contribution in [2.24, 2.45) is 0 Å². The summed E-state index contributed by atoms with van der Waals surface area (Å²) in [6.45, 7) is 7.01. The highest BCUT2D eigenvalue weighted by molar-refractivity contribution is 6.88. The smallest absolute Gasteiger partial charge is 0.227 e. The summed E-state index contributed by atoms with van der Waals surface area (Å²) in [6, 6.07) is 28.9. The Morgan fingerprint density at radius 2 is 1.39 bits per heavy atom. The Balaban J connectivity index is 1.69. The first-order valence-electron chi connectivity index (χ1n) is 10.5.